The van der Waals surface area contributed by atoms with Crippen molar-refractivity contribution in [1.82, 2.24) is 9.62 Å². The van der Waals surface area contributed by atoms with Gasteiger partial charge in [-0.3, -0.25) is 4.79 Å². The molecule has 1 aliphatic rings. The zero-order valence-corrected chi connectivity index (χ0v) is 15.7. The number of nitrogens with two attached hydrogens (primary N) is 1. The van der Waals surface area contributed by atoms with Crippen molar-refractivity contribution in [2.75, 3.05) is 26.7 Å². The summed E-state index contributed by atoms with van der Waals surface area (Å²) in [7, 11) is -2.48. The third-order valence-corrected chi connectivity index (χ3v) is 7.04. The molecule has 0 bridgehead atoms. The number of piperidine rings is 1. The van der Waals surface area contributed by atoms with Gasteiger partial charge in [0.2, 0.25) is 15.9 Å². The van der Waals surface area contributed by atoms with Crippen LogP contribution in [0, 0.1) is 0 Å². The highest BCUT2D eigenvalue weighted by Crippen LogP contribution is 2.28. The Bertz CT molecular complexity index is 717. The molecule has 25 heavy (non-hydrogen) atoms. The quantitative estimate of drug-likeness (QED) is 0.657. The van der Waals surface area contributed by atoms with Crippen LogP contribution in [0.25, 0.3) is 0 Å². The number of rotatable bonds is 7. The van der Waals surface area contributed by atoms with Crippen LogP contribution in [0.4, 0.5) is 0 Å². The normalized spacial score (nSPS) is 18.7. The number of carbonyl (C=O) groups excluding carboxylic acids is 2. The number of esters is 1. The largest absolute Gasteiger partial charge is 0.465 e. The predicted octanol–water partition coefficient (Wildman–Crippen LogP) is 0.543. The summed E-state index contributed by atoms with van der Waals surface area (Å²) in [5.74, 6) is -0.746. The summed E-state index contributed by atoms with van der Waals surface area (Å²) in [5.41, 5.74) is 5.35. The third-order valence-electron chi connectivity index (χ3n) is 4.05. The number of carbonyl (C=O) groups is 2. The van der Waals surface area contributed by atoms with E-state index in [1.165, 1.54) is 22.9 Å². The molecule has 1 unspecified atom stereocenters. The Kier molecular flexibility index (Phi) is 6.94. The van der Waals surface area contributed by atoms with Crippen molar-refractivity contribution in [2.45, 2.75) is 36.6 Å². The van der Waals surface area contributed by atoms with Crippen molar-refractivity contribution in [3.63, 3.8) is 0 Å². The summed E-state index contributed by atoms with van der Waals surface area (Å²) in [6, 6.07) is 1.03. The van der Waals surface area contributed by atoms with Gasteiger partial charge in [-0.1, -0.05) is 6.42 Å². The molecule has 1 aromatic heterocycles. The van der Waals surface area contributed by atoms with Crippen LogP contribution in [0.2, 0.25) is 0 Å². The SMILES string of the molecule is COC(=O)c1cc(S(=O)(=O)N2CCCCC2CNC(=O)CCN)cs1. The molecule has 1 saturated heterocycles. The summed E-state index contributed by atoms with van der Waals surface area (Å²) < 4.78 is 31.9. The lowest BCUT2D eigenvalue weighted by Crippen LogP contribution is -2.49. The second-order valence-corrected chi connectivity index (χ2v) is 8.55. The summed E-state index contributed by atoms with van der Waals surface area (Å²) in [5, 5.41) is 4.19. The van der Waals surface area contributed by atoms with Crippen LogP contribution >= 0.6 is 11.3 Å². The van der Waals surface area contributed by atoms with E-state index >= 15 is 0 Å². The van der Waals surface area contributed by atoms with Crippen molar-refractivity contribution in [1.29, 1.82) is 0 Å². The average molecular weight is 389 g/mol. The molecule has 0 aromatic carbocycles. The lowest BCUT2D eigenvalue weighted by molar-refractivity contribution is -0.121. The number of nitrogens with zero attached hydrogens (tertiary/aromatic N) is 1. The molecular weight excluding hydrogens is 366 g/mol. The second kappa shape index (κ2) is 8.75. The van der Waals surface area contributed by atoms with Gasteiger partial charge in [0.1, 0.15) is 4.88 Å². The minimum absolute atomic E-state index is 0.0816. The number of methoxy groups -OCH3 is 1. The maximum absolute atomic E-state index is 12.9. The zero-order valence-electron chi connectivity index (χ0n) is 14.1. The predicted molar refractivity (Wildman–Crippen MR) is 93.9 cm³/mol. The number of nitrogens with one attached hydrogen (secondary N) is 1. The van der Waals surface area contributed by atoms with Crippen LogP contribution in [-0.4, -0.2) is 57.4 Å². The van der Waals surface area contributed by atoms with Crippen molar-refractivity contribution >= 4 is 33.2 Å². The number of amides is 1. The van der Waals surface area contributed by atoms with E-state index in [0.717, 1.165) is 24.2 Å². The Balaban J connectivity index is 2.15. The average Bonchev–Trinajstić information content (AvgIpc) is 3.10. The molecule has 0 radical (unpaired) electrons. The highest BCUT2D eigenvalue weighted by atomic mass is 32.2. The summed E-state index contributed by atoms with van der Waals surface area (Å²) >= 11 is 1.04. The highest BCUT2D eigenvalue weighted by Gasteiger charge is 2.34. The lowest BCUT2D eigenvalue weighted by Gasteiger charge is -2.34. The molecule has 0 aliphatic carbocycles. The van der Waals surface area contributed by atoms with Gasteiger partial charge in [-0.25, -0.2) is 13.2 Å². The van der Waals surface area contributed by atoms with E-state index in [1.807, 2.05) is 0 Å². The minimum atomic E-state index is -3.73. The van der Waals surface area contributed by atoms with Gasteiger partial charge in [0, 0.05) is 37.5 Å². The van der Waals surface area contributed by atoms with E-state index in [-0.39, 0.29) is 41.2 Å². The van der Waals surface area contributed by atoms with Gasteiger partial charge in [-0.2, -0.15) is 4.31 Å². The maximum Gasteiger partial charge on any atom is 0.348 e. The third kappa shape index (κ3) is 4.78. The summed E-state index contributed by atoms with van der Waals surface area (Å²) in [6.07, 6.45) is 2.56. The van der Waals surface area contributed by atoms with E-state index in [0.29, 0.717) is 13.0 Å². The Hall–Kier alpha value is -1.49. The van der Waals surface area contributed by atoms with Crippen molar-refractivity contribution < 1.29 is 22.7 Å². The van der Waals surface area contributed by atoms with Gasteiger partial charge in [0.05, 0.1) is 12.0 Å². The molecule has 140 valence electrons. The number of thiophene rings is 1. The molecule has 0 spiro atoms. The van der Waals surface area contributed by atoms with Crippen LogP contribution in [0.3, 0.4) is 0 Å². The second-order valence-electron chi connectivity index (χ2n) is 5.75. The van der Waals surface area contributed by atoms with Crippen LogP contribution in [0.5, 0.6) is 0 Å². The van der Waals surface area contributed by atoms with Crippen LogP contribution < -0.4 is 11.1 Å². The molecule has 1 aliphatic heterocycles. The Morgan fingerprint density at radius 2 is 2.20 bits per heavy atom. The van der Waals surface area contributed by atoms with E-state index in [9.17, 15) is 18.0 Å². The first-order chi connectivity index (χ1) is 11.9. The molecule has 8 nitrogen and oxygen atoms in total. The standard InChI is InChI=1S/C15H23N3O5S2/c1-23-15(20)13-8-12(10-24-13)25(21,22)18-7-3-2-4-11(18)9-17-14(19)5-6-16/h8,10-11H,2-7,9,16H2,1H3,(H,17,19). The van der Waals surface area contributed by atoms with Crippen molar-refractivity contribution in [3.05, 3.63) is 16.3 Å². The van der Waals surface area contributed by atoms with Crippen LogP contribution in [0.1, 0.15) is 35.4 Å². The monoisotopic (exact) mass is 389 g/mol. The smallest absolute Gasteiger partial charge is 0.348 e. The summed E-state index contributed by atoms with van der Waals surface area (Å²) in [4.78, 5) is 23.5. The highest BCUT2D eigenvalue weighted by molar-refractivity contribution is 7.89. The number of ether oxygens (including phenoxy) is 1. The Labute approximate surface area is 151 Å². The van der Waals surface area contributed by atoms with Crippen LogP contribution in [-0.2, 0) is 19.6 Å². The molecule has 10 heteroatoms. The fourth-order valence-electron chi connectivity index (χ4n) is 2.74. The minimum Gasteiger partial charge on any atom is -0.465 e. The zero-order chi connectivity index (χ0) is 18.4. The van der Waals surface area contributed by atoms with Crippen molar-refractivity contribution in [3.8, 4) is 0 Å². The number of sulfonamides is 1. The fourth-order valence-corrected chi connectivity index (χ4v) is 5.61. The molecule has 1 fully saturated rings. The van der Waals surface area contributed by atoms with Gasteiger partial charge in [0.15, 0.2) is 0 Å². The summed E-state index contributed by atoms with van der Waals surface area (Å²) in [6.45, 7) is 0.902. The van der Waals surface area contributed by atoms with Gasteiger partial charge in [0.25, 0.3) is 0 Å². The molecule has 1 atom stereocenters. The molecule has 0 saturated carbocycles. The molecular formula is C15H23N3O5S2. The molecule has 2 heterocycles. The van der Waals surface area contributed by atoms with E-state index < -0.39 is 16.0 Å². The maximum atomic E-state index is 12.9. The Morgan fingerprint density at radius 3 is 2.88 bits per heavy atom. The number of hydrogen-bond donors (Lipinski definition) is 2. The fraction of sp³-hybridized carbons (Fsp3) is 0.600. The molecule has 1 aromatic rings. The Morgan fingerprint density at radius 1 is 1.44 bits per heavy atom. The first-order valence-electron chi connectivity index (χ1n) is 8.05. The van der Waals surface area contributed by atoms with E-state index in [2.05, 4.69) is 10.1 Å². The van der Waals surface area contributed by atoms with Gasteiger partial charge < -0.3 is 15.8 Å². The molecule has 2 rings (SSSR count). The van der Waals surface area contributed by atoms with Crippen molar-refractivity contribution in [2.24, 2.45) is 5.73 Å². The van der Waals surface area contributed by atoms with Gasteiger partial charge in [-0.05, 0) is 18.9 Å². The van der Waals surface area contributed by atoms with Gasteiger partial charge in [-0.15, -0.1) is 11.3 Å². The molecule has 3 N–H and O–H groups in total. The lowest BCUT2D eigenvalue weighted by atomic mass is 10.1. The van der Waals surface area contributed by atoms with Gasteiger partial charge >= 0.3 is 5.97 Å². The first kappa shape index (κ1) is 19.8. The van der Waals surface area contributed by atoms with Crippen LogP contribution in [0.15, 0.2) is 16.3 Å². The topological polar surface area (TPSA) is 119 Å². The first-order valence-corrected chi connectivity index (χ1v) is 10.4. The number of hydrogen-bond acceptors (Lipinski definition) is 7. The van der Waals surface area contributed by atoms with E-state index in [4.69, 9.17) is 5.73 Å². The van der Waals surface area contributed by atoms with E-state index in [1.54, 1.807) is 0 Å². The molecule has 1 amide bonds.